The summed E-state index contributed by atoms with van der Waals surface area (Å²) in [5, 5.41) is 20.3. The van der Waals surface area contributed by atoms with E-state index in [0.29, 0.717) is 12.0 Å². The van der Waals surface area contributed by atoms with Crippen molar-refractivity contribution in [2.45, 2.75) is 37.6 Å². The van der Waals surface area contributed by atoms with Gasteiger partial charge in [0.2, 0.25) is 0 Å². The summed E-state index contributed by atoms with van der Waals surface area (Å²) in [6.45, 7) is 2.26. The fourth-order valence-electron chi connectivity index (χ4n) is 4.27. The monoisotopic (exact) mass is 389 g/mol. The summed E-state index contributed by atoms with van der Waals surface area (Å²) in [4.78, 5) is 2.55. The van der Waals surface area contributed by atoms with Crippen molar-refractivity contribution in [1.29, 1.82) is 0 Å². The third-order valence-electron chi connectivity index (χ3n) is 5.47. The topological polar surface area (TPSA) is 43.7 Å². The van der Waals surface area contributed by atoms with Crippen molar-refractivity contribution in [1.82, 2.24) is 4.90 Å². The molecule has 0 spiro atoms. The minimum Gasteiger partial charge on any atom is -0.504 e. The van der Waals surface area contributed by atoms with Gasteiger partial charge in [-0.15, -0.1) is 17.0 Å². The molecule has 0 saturated carbocycles. The molecule has 3 nitrogen and oxygen atoms in total. The molecule has 2 atom stereocenters. The fraction of sp³-hybridized carbons (Fsp3) is 0.400. The van der Waals surface area contributed by atoms with Crippen LogP contribution in [0.3, 0.4) is 0 Å². The third kappa shape index (κ3) is 3.05. The number of hydrogen-bond donors (Lipinski definition) is 2. The maximum Gasteiger partial charge on any atom is 0.161 e. The Hall–Kier alpha value is -1.52. The van der Waals surface area contributed by atoms with Crippen molar-refractivity contribution in [3.8, 4) is 11.5 Å². The Bertz CT molecular complexity index is 698. The van der Waals surface area contributed by atoms with Crippen molar-refractivity contribution < 1.29 is 10.2 Å². The third-order valence-corrected chi connectivity index (χ3v) is 5.47. The number of aromatic hydroxyl groups is 2. The summed E-state index contributed by atoms with van der Waals surface area (Å²) < 4.78 is 0. The van der Waals surface area contributed by atoms with E-state index in [4.69, 9.17) is 0 Å². The lowest BCUT2D eigenvalue weighted by Gasteiger charge is -2.37. The van der Waals surface area contributed by atoms with E-state index in [9.17, 15) is 10.2 Å². The van der Waals surface area contributed by atoms with Crippen LogP contribution in [0.5, 0.6) is 11.5 Å². The normalized spacial score (nSPS) is 23.5. The summed E-state index contributed by atoms with van der Waals surface area (Å²) in [5.74, 6) is 0.465. The Morgan fingerprint density at radius 3 is 2.33 bits per heavy atom. The maximum atomic E-state index is 10.4. The number of fused-ring (bicyclic) bond motifs is 1. The first-order valence-corrected chi connectivity index (χ1v) is 8.56. The summed E-state index contributed by atoms with van der Waals surface area (Å²) >= 11 is 0. The van der Waals surface area contributed by atoms with E-state index in [1.54, 1.807) is 6.07 Å². The second-order valence-electron chi connectivity index (χ2n) is 6.81. The highest BCUT2D eigenvalue weighted by molar-refractivity contribution is 8.93. The van der Waals surface area contributed by atoms with Crippen LogP contribution in [0, 0.1) is 0 Å². The van der Waals surface area contributed by atoms with Crippen molar-refractivity contribution >= 4 is 17.0 Å². The Morgan fingerprint density at radius 2 is 1.62 bits per heavy atom. The minimum atomic E-state index is -0.00219. The molecule has 0 radical (unpaired) electrons. The van der Waals surface area contributed by atoms with Crippen molar-refractivity contribution in [2.24, 2.45) is 0 Å². The van der Waals surface area contributed by atoms with E-state index in [1.165, 1.54) is 24.0 Å². The fourth-order valence-corrected chi connectivity index (χ4v) is 4.27. The van der Waals surface area contributed by atoms with Gasteiger partial charge in [-0.25, -0.2) is 0 Å². The second kappa shape index (κ2) is 7.16. The molecule has 4 rings (SSSR count). The molecular weight excluding hydrogens is 366 g/mol. The molecule has 1 aliphatic carbocycles. The molecule has 2 aliphatic rings. The molecule has 4 heteroatoms. The van der Waals surface area contributed by atoms with Gasteiger partial charge in [-0.1, -0.05) is 36.4 Å². The second-order valence-corrected chi connectivity index (χ2v) is 6.81. The van der Waals surface area contributed by atoms with Crippen LogP contribution in [0.25, 0.3) is 0 Å². The Kier molecular flexibility index (Phi) is 5.16. The number of nitrogens with zero attached hydrogens (tertiary/aromatic N) is 1. The number of hydrogen-bond acceptors (Lipinski definition) is 3. The van der Waals surface area contributed by atoms with Gasteiger partial charge in [0.25, 0.3) is 0 Å². The number of phenolic OH excluding ortho intramolecular Hbond substituents is 2. The summed E-state index contributed by atoms with van der Waals surface area (Å²) in [6.07, 6.45) is 4.39. The predicted molar refractivity (Wildman–Crippen MR) is 101 cm³/mol. The molecule has 2 unspecified atom stereocenters. The molecule has 1 heterocycles. The van der Waals surface area contributed by atoms with Crippen molar-refractivity contribution in [2.75, 3.05) is 13.1 Å². The van der Waals surface area contributed by atoms with Gasteiger partial charge in [-0.05, 0) is 61.9 Å². The number of benzene rings is 2. The van der Waals surface area contributed by atoms with Crippen LogP contribution in [0.4, 0.5) is 0 Å². The molecule has 24 heavy (non-hydrogen) atoms. The summed E-state index contributed by atoms with van der Waals surface area (Å²) in [6, 6.07) is 14.6. The quantitative estimate of drug-likeness (QED) is 0.740. The zero-order chi connectivity index (χ0) is 15.8. The van der Waals surface area contributed by atoms with Crippen LogP contribution in [-0.2, 0) is 6.42 Å². The van der Waals surface area contributed by atoms with Crippen LogP contribution < -0.4 is 0 Å². The standard InChI is InChI=1S/C20H23NO2.BrH/c22-19-9-8-16-17(20(19)23)12-15(14-6-2-1-3-7-14)13-18(16)21-10-4-5-11-21;/h1-3,6-9,15,18,22-23H,4-5,10-13H2;1H. The molecular formula is C20H24BrNO2. The molecule has 0 aromatic heterocycles. The first-order chi connectivity index (χ1) is 11.2. The Labute approximate surface area is 153 Å². The first-order valence-electron chi connectivity index (χ1n) is 8.56. The lowest BCUT2D eigenvalue weighted by atomic mass is 9.76. The molecule has 2 aromatic carbocycles. The summed E-state index contributed by atoms with van der Waals surface area (Å²) in [5.41, 5.74) is 3.46. The van der Waals surface area contributed by atoms with Gasteiger partial charge in [0.15, 0.2) is 11.5 Å². The van der Waals surface area contributed by atoms with Gasteiger partial charge in [0.1, 0.15) is 0 Å². The lowest BCUT2D eigenvalue weighted by Crippen LogP contribution is -2.31. The van der Waals surface area contributed by atoms with Crippen LogP contribution in [0.2, 0.25) is 0 Å². The van der Waals surface area contributed by atoms with Crippen molar-refractivity contribution in [3.63, 3.8) is 0 Å². The molecule has 1 saturated heterocycles. The van der Waals surface area contributed by atoms with E-state index in [1.807, 2.05) is 12.1 Å². The SMILES string of the molecule is Br.Oc1ccc2c(c1O)CC(c1ccccc1)CC2N1CCCC1. The average molecular weight is 390 g/mol. The van der Waals surface area contributed by atoms with Crippen LogP contribution in [0.15, 0.2) is 42.5 Å². The Balaban J connectivity index is 0.00000169. The Morgan fingerprint density at radius 1 is 0.917 bits per heavy atom. The maximum absolute atomic E-state index is 10.4. The molecule has 1 fully saturated rings. The molecule has 2 aromatic rings. The van der Waals surface area contributed by atoms with Gasteiger partial charge >= 0.3 is 0 Å². The van der Waals surface area contributed by atoms with E-state index in [2.05, 4.69) is 29.2 Å². The van der Waals surface area contributed by atoms with Gasteiger partial charge < -0.3 is 10.2 Å². The van der Waals surface area contributed by atoms with E-state index in [-0.39, 0.29) is 28.5 Å². The number of halogens is 1. The molecule has 0 amide bonds. The van der Waals surface area contributed by atoms with E-state index >= 15 is 0 Å². The van der Waals surface area contributed by atoms with Gasteiger partial charge in [-0.3, -0.25) is 4.90 Å². The molecule has 128 valence electrons. The molecule has 1 aliphatic heterocycles. The highest BCUT2D eigenvalue weighted by atomic mass is 79.9. The largest absolute Gasteiger partial charge is 0.504 e. The minimum absolute atomic E-state index is 0. The zero-order valence-electron chi connectivity index (χ0n) is 13.7. The van der Waals surface area contributed by atoms with Crippen LogP contribution in [-0.4, -0.2) is 28.2 Å². The van der Waals surface area contributed by atoms with Crippen molar-refractivity contribution in [3.05, 3.63) is 59.2 Å². The van der Waals surface area contributed by atoms with Crippen LogP contribution >= 0.6 is 17.0 Å². The average Bonchev–Trinajstić information content (AvgIpc) is 3.13. The van der Waals surface area contributed by atoms with E-state index in [0.717, 1.165) is 31.5 Å². The number of phenols is 2. The molecule has 2 N–H and O–H groups in total. The summed E-state index contributed by atoms with van der Waals surface area (Å²) in [7, 11) is 0. The zero-order valence-corrected chi connectivity index (χ0v) is 15.4. The number of likely N-dealkylation sites (tertiary alicyclic amines) is 1. The van der Waals surface area contributed by atoms with Crippen LogP contribution in [0.1, 0.15) is 47.9 Å². The highest BCUT2D eigenvalue weighted by Crippen LogP contribution is 2.47. The lowest BCUT2D eigenvalue weighted by molar-refractivity contribution is 0.209. The smallest absolute Gasteiger partial charge is 0.161 e. The number of rotatable bonds is 2. The molecule has 0 bridgehead atoms. The highest BCUT2D eigenvalue weighted by Gasteiger charge is 2.34. The van der Waals surface area contributed by atoms with Gasteiger partial charge in [0.05, 0.1) is 0 Å². The van der Waals surface area contributed by atoms with Gasteiger partial charge in [0, 0.05) is 11.6 Å². The first kappa shape index (κ1) is 17.3. The predicted octanol–water partition coefficient (Wildman–Crippen LogP) is 4.54. The van der Waals surface area contributed by atoms with E-state index < -0.39 is 0 Å². The van der Waals surface area contributed by atoms with Gasteiger partial charge in [-0.2, -0.15) is 0 Å².